The van der Waals surface area contributed by atoms with E-state index in [0.29, 0.717) is 0 Å². The van der Waals surface area contributed by atoms with E-state index in [1.165, 1.54) is 60.8 Å². The predicted molar refractivity (Wildman–Crippen MR) is 122 cm³/mol. The number of nitro groups is 2. The highest BCUT2D eigenvalue weighted by Crippen LogP contribution is 2.47. The number of nitrogens with zero attached hydrogens (tertiary/aromatic N) is 5. The Bertz CT molecular complexity index is 1460. The van der Waals surface area contributed by atoms with Gasteiger partial charge in [0.2, 0.25) is 11.8 Å². The van der Waals surface area contributed by atoms with Gasteiger partial charge < -0.3 is 4.90 Å². The van der Waals surface area contributed by atoms with Gasteiger partial charge in [-0.3, -0.25) is 34.6 Å². The largest absolute Gasteiger partial charge is 0.359 e. The summed E-state index contributed by atoms with van der Waals surface area (Å²) in [6, 6.07) is 10.1. The van der Waals surface area contributed by atoms with Crippen molar-refractivity contribution in [2.45, 2.75) is 12.1 Å². The fraction of sp³-hybridized carbons (Fsp3) is 0.167. The molecule has 3 aliphatic rings. The fourth-order valence-corrected chi connectivity index (χ4v) is 5.04. The number of anilines is 1. The highest BCUT2D eigenvalue weighted by Gasteiger charge is 2.63. The zero-order chi connectivity index (χ0) is 25.7. The molecule has 0 aliphatic carbocycles. The number of carbonyl (C=O) groups is 3. The quantitative estimate of drug-likeness (QED) is 0.267. The van der Waals surface area contributed by atoms with Crippen molar-refractivity contribution >= 4 is 34.7 Å². The molecule has 12 heteroatoms. The number of allylic oxidation sites excluding steroid dienone is 2. The van der Waals surface area contributed by atoms with E-state index < -0.39 is 51.4 Å². The number of non-ortho nitro benzene ring substituents is 2. The molecule has 0 unspecified atom stereocenters. The summed E-state index contributed by atoms with van der Waals surface area (Å²) < 4.78 is 0. The van der Waals surface area contributed by atoms with Gasteiger partial charge in [0, 0.05) is 36.0 Å². The second kappa shape index (κ2) is 8.24. The van der Waals surface area contributed by atoms with Gasteiger partial charge >= 0.3 is 0 Å². The highest BCUT2D eigenvalue weighted by atomic mass is 16.6. The van der Waals surface area contributed by atoms with E-state index in [0.717, 1.165) is 11.0 Å². The van der Waals surface area contributed by atoms with Gasteiger partial charge in [0.1, 0.15) is 6.04 Å². The minimum Gasteiger partial charge on any atom is -0.359 e. The minimum atomic E-state index is -1.16. The lowest BCUT2D eigenvalue weighted by Crippen LogP contribution is -2.46. The van der Waals surface area contributed by atoms with Gasteiger partial charge in [0.25, 0.3) is 11.4 Å². The molecular weight excluding hydrogens is 470 g/mol. The average molecular weight is 485 g/mol. The first-order valence-corrected chi connectivity index (χ1v) is 10.7. The summed E-state index contributed by atoms with van der Waals surface area (Å²) >= 11 is 0. The summed E-state index contributed by atoms with van der Waals surface area (Å²) in [5.74, 6) is -4.00. The molecule has 2 aromatic rings. The number of rotatable bonds is 5. The standard InChI is InChI=1S/C24H15N5O7/c25-12-13-8-9-26-18(10-13)19-20(21(26)22(30)14-2-1-3-17(11-14)29(35)36)24(32)27(23(19)31)15-4-6-16(7-5-15)28(33)34/h1-11,18-21H/t18-,19+,20+,21+/m1/s1. The van der Waals surface area contributed by atoms with Gasteiger partial charge in [0.05, 0.1) is 45.1 Å². The summed E-state index contributed by atoms with van der Waals surface area (Å²) in [5.41, 5.74) is -0.136. The molecule has 0 spiro atoms. The maximum absolute atomic E-state index is 13.6. The summed E-state index contributed by atoms with van der Waals surface area (Å²) in [6.07, 6.45) is 4.47. The third kappa shape index (κ3) is 3.33. The minimum absolute atomic E-state index is 0.00564. The van der Waals surface area contributed by atoms with Crippen molar-refractivity contribution in [1.82, 2.24) is 4.90 Å². The maximum Gasteiger partial charge on any atom is 0.270 e. The van der Waals surface area contributed by atoms with Crippen molar-refractivity contribution in [3.63, 3.8) is 0 Å². The van der Waals surface area contributed by atoms with Gasteiger partial charge in [-0.25, -0.2) is 4.90 Å². The van der Waals surface area contributed by atoms with Crippen LogP contribution in [0.25, 0.3) is 0 Å². The first-order chi connectivity index (χ1) is 17.2. The number of ketones is 1. The molecule has 2 saturated heterocycles. The van der Waals surface area contributed by atoms with Crippen molar-refractivity contribution in [2.75, 3.05) is 4.90 Å². The molecule has 3 heterocycles. The van der Waals surface area contributed by atoms with Gasteiger partial charge in [0.15, 0.2) is 5.78 Å². The summed E-state index contributed by atoms with van der Waals surface area (Å²) in [6.45, 7) is 0. The lowest BCUT2D eigenvalue weighted by Gasteiger charge is -2.32. The Kier molecular flexibility index (Phi) is 5.17. The van der Waals surface area contributed by atoms with Gasteiger partial charge in [-0.05, 0) is 24.3 Å². The molecule has 2 amide bonds. The normalized spacial score (nSPS) is 24.1. The molecule has 0 radical (unpaired) electrons. The van der Waals surface area contributed by atoms with Crippen LogP contribution >= 0.6 is 0 Å². The second-order valence-electron chi connectivity index (χ2n) is 8.44. The van der Waals surface area contributed by atoms with Gasteiger partial charge in [-0.15, -0.1) is 0 Å². The lowest BCUT2D eigenvalue weighted by atomic mass is 9.86. The van der Waals surface area contributed by atoms with Crippen LogP contribution in [0.15, 0.2) is 72.5 Å². The SMILES string of the molecule is N#CC1=C[C@@H]2[C@@H]3C(=O)N(c4ccc([N+](=O)[O-])cc4)C(=O)[C@@H]3[C@@H](C(=O)c3cccc([N+](=O)[O-])c3)N2C=C1. The fourth-order valence-electron chi connectivity index (χ4n) is 5.04. The molecule has 0 saturated carbocycles. The number of imide groups is 1. The van der Waals surface area contributed by atoms with Crippen LogP contribution in [-0.4, -0.2) is 44.4 Å². The van der Waals surface area contributed by atoms with Crippen LogP contribution in [0.4, 0.5) is 17.1 Å². The van der Waals surface area contributed by atoms with Crippen LogP contribution in [0, 0.1) is 43.4 Å². The molecule has 3 aliphatic heterocycles. The van der Waals surface area contributed by atoms with Crippen molar-refractivity contribution in [2.24, 2.45) is 11.8 Å². The number of Topliss-reactive ketones (excluding diaryl/α,β-unsaturated/α-hetero) is 1. The molecule has 12 nitrogen and oxygen atoms in total. The first kappa shape index (κ1) is 22.6. The van der Waals surface area contributed by atoms with E-state index in [9.17, 15) is 39.9 Å². The van der Waals surface area contributed by atoms with Crippen LogP contribution in [0.2, 0.25) is 0 Å². The van der Waals surface area contributed by atoms with Crippen LogP contribution in [0.1, 0.15) is 10.4 Å². The zero-order valence-corrected chi connectivity index (χ0v) is 18.3. The molecule has 4 atom stereocenters. The number of carbonyl (C=O) groups excluding carboxylic acids is 3. The number of nitro benzene ring substituents is 2. The summed E-state index contributed by atoms with van der Waals surface area (Å²) in [5, 5.41) is 31.6. The molecule has 2 fully saturated rings. The summed E-state index contributed by atoms with van der Waals surface area (Å²) in [4.78, 5) is 64.2. The van der Waals surface area contributed by atoms with Crippen molar-refractivity contribution in [3.8, 4) is 6.07 Å². The lowest BCUT2D eigenvalue weighted by molar-refractivity contribution is -0.385. The van der Waals surface area contributed by atoms with Crippen LogP contribution in [0.3, 0.4) is 0 Å². The van der Waals surface area contributed by atoms with E-state index >= 15 is 0 Å². The van der Waals surface area contributed by atoms with E-state index in [1.807, 2.05) is 6.07 Å². The molecule has 36 heavy (non-hydrogen) atoms. The van der Waals surface area contributed by atoms with E-state index in [2.05, 4.69) is 0 Å². The first-order valence-electron chi connectivity index (χ1n) is 10.7. The Labute approximate surface area is 202 Å². The topological polar surface area (TPSA) is 168 Å². The van der Waals surface area contributed by atoms with Crippen LogP contribution in [0.5, 0.6) is 0 Å². The van der Waals surface area contributed by atoms with Crippen molar-refractivity contribution in [3.05, 3.63) is 98.2 Å². The third-order valence-corrected chi connectivity index (χ3v) is 6.61. The van der Waals surface area contributed by atoms with E-state index in [-0.39, 0.29) is 28.2 Å². The van der Waals surface area contributed by atoms with E-state index in [4.69, 9.17) is 0 Å². The molecule has 0 bridgehead atoms. The van der Waals surface area contributed by atoms with E-state index in [1.54, 1.807) is 4.90 Å². The average Bonchev–Trinajstić information content (AvgIpc) is 3.35. The molecule has 2 aromatic carbocycles. The van der Waals surface area contributed by atoms with Gasteiger partial charge in [-0.2, -0.15) is 5.26 Å². The second-order valence-corrected chi connectivity index (χ2v) is 8.44. The Morgan fingerprint density at radius 1 is 0.944 bits per heavy atom. The molecule has 5 rings (SSSR count). The summed E-state index contributed by atoms with van der Waals surface area (Å²) in [7, 11) is 0. The third-order valence-electron chi connectivity index (χ3n) is 6.61. The Balaban J connectivity index is 1.58. The Morgan fingerprint density at radius 3 is 2.25 bits per heavy atom. The van der Waals surface area contributed by atoms with Crippen LogP contribution < -0.4 is 4.90 Å². The number of hydrogen-bond donors (Lipinski definition) is 0. The molecule has 0 aromatic heterocycles. The molecule has 178 valence electrons. The predicted octanol–water partition coefficient (Wildman–Crippen LogP) is 2.52. The number of benzene rings is 2. The zero-order valence-electron chi connectivity index (χ0n) is 18.3. The van der Waals surface area contributed by atoms with Crippen LogP contribution in [-0.2, 0) is 9.59 Å². The number of hydrogen-bond acceptors (Lipinski definition) is 9. The molecular formula is C24H15N5O7. The van der Waals surface area contributed by atoms with Gasteiger partial charge in [-0.1, -0.05) is 12.1 Å². The Hall–Kier alpha value is -5.18. The smallest absolute Gasteiger partial charge is 0.270 e. The Morgan fingerprint density at radius 2 is 1.61 bits per heavy atom. The number of nitriles is 1. The monoisotopic (exact) mass is 485 g/mol. The highest BCUT2D eigenvalue weighted by molar-refractivity contribution is 6.24. The van der Waals surface area contributed by atoms with Crippen molar-refractivity contribution in [1.29, 1.82) is 5.26 Å². The molecule has 0 N–H and O–H groups in total. The van der Waals surface area contributed by atoms with Crippen molar-refractivity contribution < 1.29 is 24.2 Å². The number of amides is 2. The maximum atomic E-state index is 13.6. The number of fused-ring (bicyclic) bond motifs is 3.